The summed E-state index contributed by atoms with van der Waals surface area (Å²) in [5.74, 6) is -0.230. The molecule has 2 aliphatic rings. The number of azo groups is 1. The van der Waals surface area contributed by atoms with Gasteiger partial charge in [0.05, 0.1) is 19.6 Å². The van der Waals surface area contributed by atoms with E-state index in [1.54, 1.807) is 0 Å². The zero-order chi connectivity index (χ0) is 8.98. The smallest absolute Gasteiger partial charge is 0.311 e. The van der Waals surface area contributed by atoms with Crippen molar-refractivity contribution in [1.82, 2.24) is 0 Å². The Balaban J connectivity index is 2.25. The molecule has 1 heterocycles. The van der Waals surface area contributed by atoms with Crippen LogP contribution in [0.4, 0.5) is 0 Å². The van der Waals surface area contributed by atoms with Gasteiger partial charge in [0.15, 0.2) is 0 Å². The molecule has 1 aliphatic heterocycles. The molecule has 66 valence electrons. The average molecular weight is 168 g/mol. The summed E-state index contributed by atoms with van der Waals surface area (Å²) in [6, 6.07) is 0. The maximum atomic E-state index is 11.3. The Morgan fingerprint density at radius 2 is 2.25 bits per heavy atom. The van der Waals surface area contributed by atoms with Crippen LogP contribution in [0.15, 0.2) is 10.2 Å². The summed E-state index contributed by atoms with van der Waals surface area (Å²) in [4.78, 5) is 11.3. The van der Waals surface area contributed by atoms with Crippen molar-refractivity contribution in [1.29, 1.82) is 0 Å². The molecule has 0 aromatic heterocycles. The minimum absolute atomic E-state index is 0.0694. The van der Waals surface area contributed by atoms with E-state index in [1.807, 2.05) is 13.8 Å². The molecule has 0 bridgehead atoms. The first-order chi connectivity index (χ1) is 5.56. The number of nitrogens with zero attached hydrogens (tertiary/aromatic N) is 2. The number of esters is 1. The summed E-state index contributed by atoms with van der Waals surface area (Å²) < 4.78 is 4.70. The van der Waals surface area contributed by atoms with Crippen molar-refractivity contribution in [2.24, 2.45) is 21.6 Å². The second-order valence-electron chi connectivity index (χ2n) is 3.92. The van der Waals surface area contributed by atoms with E-state index in [2.05, 4.69) is 10.2 Å². The fraction of sp³-hybridized carbons (Fsp3) is 0.875. The maximum Gasteiger partial charge on any atom is 0.311 e. The maximum absolute atomic E-state index is 11.3. The number of methoxy groups -OCH3 is 1. The molecule has 4 heteroatoms. The average Bonchev–Trinajstić information content (AvgIpc) is 2.30. The predicted molar refractivity (Wildman–Crippen MR) is 41.7 cm³/mol. The van der Waals surface area contributed by atoms with Gasteiger partial charge in [0.25, 0.3) is 0 Å². The molecule has 0 amide bonds. The van der Waals surface area contributed by atoms with Gasteiger partial charge in [0.1, 0.15) is 5.54 Å². The van der Waals surface area contributed by atoms with Crippen molar-refractivity contribution in [3.8, 4) is 0 Å². The van der Waals surface area contributed by atoms with Gasteiger partial charge in [0.2, 0.25) is 0 Å². The van der Waals surface area contributed by atoms with Gasteiger partial charge in [-0.15, -0.1) is 0 Å². The summed E-state index contributed by atoms with van der Waals surface area (Å²) in [6.07, 6.45) is 0. The highest BCUT2D eigenvalue weighted by atomic mass is 16.5. The van der Waals surface area contributed by atoms with E-state index < -0.39 is 0 Å². The molecule has 4 nitrogen and oxygen atoms in total. The molecule has 1 fully saturated rings. The third kappa shape index (κ3) is 0.574. The molecule has 1 saturated carbocycles. The van der Waals surface area contributed by atoms with Gasteiger partial charge in [-0.05, 0) is 6.92 Å². The molecule has 0 unspecified atom stereocenters. The van der Waals surface area contributed by atoms with Crippen LogP contribution in [0.25, 0.3) is 0 Å². The molecule has 0 aromatic carbocycles. The molecule has 12 heavy (non-hydrogen) atoms. The van der Waals surface area contributed by atoms with Crippen LogP contribution in [0.1, 0.15) is 13.8 Å². The summed E-state index contributed by atoms with van der Waals surface area (Å²) in [6.45, 7) is 4.66. The number of hydrogen-bond donors (Lipinski definition) is 0. The Labute approximate surface area is 71.0 Å². The summed E-state index contributed by atoms with van der Waals surface area (Å²) in [7, 11) is 1.42. The van der Waals surface area contributed by atoms with Crippen molar-refractivity contribution in [3.63, 3.8) is 0 Å². The van der Waals surface area contributed by atoms with Crippen LogP contribution in [0, 0.1) is 11.3 Å². The lowest BCUT2D eigenvalue weighted by Gasteiger charge is -2.01. The fourth-order valence-electron chi connectivity index (χ4n) is 2.21. The number of ether oxygens (including phenoxy) is 1. The van der Waals surface area contributed by atoms with Crippen molar-refractivity contribution in [2.75, 3.05) is 13.7 Å². The van der Waals surface area contributed by atoms with Crippen molar-refractivity contribution >= 4 is 5.97 Å². The second-order valence-corrected chi connectivity index (χ2v) is 3.92. The first-order valence-electron chi connectivity index (χ1n) is 4.03. The van der Waals surface area contributed by atoms with E-state index in [-0.39, 0.29) is 22.8 Å². The second kappa shape index (κ2) is 1.87. The third-order valence-electron chi connectivity index (χ3n) is 3.39. The normalized spacial score (nSPS) is 48.8. The number of rotatable bonds is 1. The molecule has 0 spiro atoms. The highest BCUT2D eigenvalue weighted by molar-refractivity contribution is 5.81. The minimum Gasteiger partial charge on any atom is -0.469 e. The van der Waals surface area contributed by atoms with Crippen LogP contribution in [0.2, 0.25) is 0 Å². The van der Waals surface area contributed by atoms with E-state index >= 15 is 0 Å². The van der Waals surface area contributed by atoms with Crippen molar-refractivity contribution in [3.05, 3.63) is 0 Å². The van der Waals surface area contributed by atoms with Gasteiger partial charge in [-0.1, -0.05) is 6.92 Å². The lowest BCUT2D eigenvalue weighted by Crippen LogP contribution is -2.12. The van der Waals surface area contributed by atoms with Gasteiger partial charge in [-0.2, -0.15) is 10.2 Å². The number of fused-ring (bicyclic) bond motifs is 1. The Kier molecular flexibility index (Phi) is 1.20. The summed E-state index contributed by atoms with van der Waals surface area (Å²) in [5.41, 5.74) is -0.347. The Hall–Kier alpha value is -0.930. The van der Waals surface area contributed by atoms with Crippen LogP contribution in [0.3, 0.4) is 0 Å². The first kappa shape index (κ1) is 7.71. The highest BCUT2D eigenvalue weighted by Crippen LogP contribution is 2.67. The highest BCUT2D eigenvalue weighted by Gasteiger charge is 2.78. The topological polar surface area (TPSA) is 51.0 Å². The SMILES string of the molecule is COC(=O)[C@H]1[C@]2(C)N=NC[C@]12C. The molecule has 1 aliphatic carbocycles. The van der Waals surface area contributed by atoms with Gasteiger partial charge in [-0.3, -0.25) is 4.79 Å². The number of carbonyl (C=O) groups excluding carboxylic acids is 1. The molecular weight excluding hydrogens is 156 g/mol. The monoisotopic (exact) mass is 168 g/mol. The van der Waals surface area contributed by atoms with Crippen molar-refractivity contribution < 1.29 is 9.53 Å². The largest absolute Gasteiger partial charge is 0.469 e. The molecule has 0 radical (unpaired) electrons. The Morgan fingerprint density at radius 1 is 1.58 bits per heavy atom. The molecule has 0 saturated heterocycles. The van der Waals surface area contributed by atoms with E-state index in [9.17, 15) is 4.79 Å². The molecule has 2 rings (SSSR count). The zero-order valence-corrected chi connectivity index (χ0v) is 7.50. The molecule has 3 atom stereocenters. The van der Waals surface area contributed by atoms with Crippen LogP contribution in [-0.2, 0) is 9.53 Å². The van der Waals surface area contributed by atoms with E-state index in [0.717, 1.165) is 0 Å². The predicted octanol–water partition coefficient (Wildman–Crippen LogP) is 1.02. The van der Waals surface area contributed by atoms with Gasteiger partial charge < -0.3 is 4.74 Å². The standard InChI is InChI=1S/C8H12N2O2/c1-7-4-9-10-8(7,2)5(7)6(11)12-3/h5H,4H2,1-3H3/t5-,7-,8+/m1/s1. The van der Waals surface area contributed by atoms with Gasteiger partial charge in [0, 0.05) is 5.41 Å². The van der Waals surface area contributed by atoms with Crippen molar-refractivity contribution in [2.45, 2.75) is 19.4 Å². The van der Waals surface area contributed by atoms with Gasteiger partial charge in [-0.25, -0.2) is 0 Å². The summed E-state index contributed by atoms with van der Waals surface area (Å²) >= 11 is 0. The van der Waals surface area contributed by atoms with Gasteiger partial charge >= 0.3 is 5.97 Å². The van der Waals surface area contributed by atoms with Crippen LogP contribution in [0.5, 0.6) is 0 Å². The van der Waals surface area contributed by atoms with Crippen LogP contribution in [-0.4, -0.2) is 25.2 Å². The van der Waals surface area contributed by atoms with Crippen LogP contribution >= 0.6 is 0 Å². The first-order valence-corrected chi connectivity index (χ1v) is 4.03. The lowest BCUT2D eigenvalue weighted by molar-refractivity contribution is -0.143. The van der Waals surface area contributed by atoms with E-state index in [4.69, 9.17) is 4.74 Å². The fourth-order valence-corrected chi connectivity index (χ4v) is 2.21. The quantitative estimate of drug-likeness (QED) is 0.549. The molecule has 0 N–H and O–H groups in total. The lowest BCUT2D eigenvalue weighted by atomic mass is 10.1. The Bertz CT molecular complexity index is 276. The van der Waals surface area contributed by atoms with Crippen LogP contribution < -0.4 is 0 Å². The van der Waals surface area contributed by atoms with E-state index in [1.165, 1.54) is 7.11 Å². The summed E-state index contributed by atoms with van der Waals surface area (Å²) in [5, 5.41) is 8.03. The number of hydrogen-bond acceptors (Lipinski definition) is 4. The molecular formula is C8H12N2O2. The van der Waals surface area contributed by atoms with E-state index in [0.29, 0.717) is 6.54 Å². The zero-order valence-electron chi connectivity index (χ0n) is 7.50. The molecule has 0 aromatic rings. The Morgan fingerprint density at radius 3 is 2.67 bits per heavy atom. The minimum atomic E-state index is -0.278. The third-order valence-corrected chi connectivity index (χ3v) is 3.39. The number of carbonyl (C=O) groups is 1.